The number of hydrogen-bond acceptors (Lipinski definition) is 5. The first-order valence-electron chi connectivity index (χ1n) is 11.8. The van der Waals surface area contributed by atoms with E-state index in [1.165, 1.54) is 23.3 Å². The zero-order chi connectivity index (χ0) is 26.0. The number of benzene rings is 2. The number of rotatable bonds is 5. The van der Waals surface area contributed by atoms with Gasteiger partial charge in [-0.2, -0.15) is 13.2 Å². The molecule has 1 aromatic heterocycles. The number of piperazine rings is 1. The summed E-state index contributed by atoms with van der Waals surface area (Å²) in [7, 11) is 0. The summed E-state index contributed by atoms with van der Waals surface area (Å²) in [5.41, 5.74) is 4.65. The Kier molecular flexibility index (Phi) is 7.19. The van der Waals surface area contributed by atoms with Gasteiger partial charge < -0.3 is 14.5 Å². The van der Waals surface area contributed by atoms with E-state index < -0.39 is 17.8 Å². The first-order chi connectivity index (χ1) is 17.0. The van der Waals surface area contributed by atoms with Crippen LogP contribution in [0.5, 0.6) is 5.75 Å². The molecule has 0 spiro atoms. The molecular formula is C27H29F3N4O2. The van der Waals surface area contributed by atoms with Crippen LogP contribution in [0.15, 0.2) is 48.5 Å². The topological polar surface area (TPSA) is 58.6 Å². The molecule has 9 heteroatoms. The van der Waals surface area contributed by atoms with Crippen LogP contribution < -0.4 is 9.64 Å². The minimum atomic E-state index is -4.47. The van der Waals surface area contributed by atoms with Gasteiger partial charge in [0.15, 0.2) is 11.9 Å². The molecule has 36 heavy (non-hydrogen) atoms. The predicted molar refractivity (Wildman–Crippen MR) is 132 cm³/mol. The molecule has 3 aromatic rings. The molecule has 0 radical (unpaired) electrons. The van der Waals surface area contributed by atoms with E-state index in [2.05, 4.69) is 48.0 Å². The molecule has 4 rings (SSSR count). The van der Waals surface area contributed by atoms with Crippen molar-refractivity contribution < 1.29 is 22.7 Å². The molecule has 1 atom stereocenters. The van der Waals surface area contributed by atoms with Crippen LogP contribution in [0.4, 0.5) is 19.0 Å². The monoisotopic (exact) mass is 498 g/mol. The maximum Gasteiger partial charge on any atom is 0.416 e. The van der Waals surface area contributed by atoms with Gasteiger partial charge in [0.1, 0.15) is 5.75 Å². The summed E-state index contributed by atoms with van der Waals surface area (Å²) >= 11 is 0. The number of anilines is 1. The Balaban J connectivity index is 1.35. The minimum absolute atomic E-state index is 0.0127. The Bertz CT molecular complexity index is 1240. The SMILES string of the molecule is Cc1cc(C)c(-c2ccc(N3CCN(C(=O)C(C)Oc4cccc(C(F)(F)F)c4)CC3)nn2)cc1C. The highest BCUT2D eigenvalue weighted by Crippen LogP contribution is 2.31. The summed E-state index contributed by atoms with van der Waals surface area (Å²) in [6.45, 7) is 9.82. The lowest BCUT2D eigenvalue weighted by Crippen LogP contribution is -2.52. The van der Waals surface area contributed by atoms with Gasteiger partial charge >= 0.3 is 6.18 Å². The van der Waals surface area contributed by atoms with E-state index in [0.29, 0.717) is 26.2 Å². The molecule has 2 aromatic carbocycles. The number of halogens is 3. The summed E-state index contributed by atoms with van der Waals surface area (Å²) in [5, 5.41) is 8.85. The largest absolute Gasteiger partial charge is 0.481 e. The summed E-state index contributed by atoms with van der Waals surface area (Å²) in [6.07, 6.45) is -5.37. The molecule has 1 aliphatic heterocycles. The Morgan fingerprint density at radius 2 is 1.61 bits per heavy atom. The molecule has 1 fully saturated rings. The summed E-state index contributed by atoms with van der Waals surface area (Å²) < 4.78 is 44.4. The number of alkyl halides is 3. The van der Waals surface area contributed by atoms with Crippen molar-refractivity contribution in [2.24, 2.45) is 0 Å². The predicted octanol–water partition coefficient (Wildman–Crippen LogP) is 5.20. The van der Waals surface area contributed by atoms with Gasteiger partial charge in [-0.05, 0) is 80.8 Å². The van der Waals surface area contributed by atoms with Crippen LogP contribution in [0.3, 0.4) is 0 Å². The average molecular weight is 499 g/mol. The van der Waals surface area contributed by atoms with Gasteiger partial charge in [0.05, 0.1) is 11.3 Å². The lowest BCUT2D eigenvalue weighted by Gasteiger charge is -2.36. The summed E-state index contributed by atoms with van der Waals surface area (Å²) in [5.74, 6) is 0.484. The standard InChI is InChI=1S/C27H29F3N4O2/c1-17-14-19(3)23(15-18(17)2)24-8-9-25(32-31-24)33-10-12-34(13-11-33)26(35)20(4)36-22-7-5-6-21(16-22)27(28,29)30/h5-9,14-16,20H,10-13H2,1-4H3. The van der Waals surface area contributed by atoms with E-state index in [9.17, 15) is 18.0 Å². The molecule has 1 amide bonds. The third kappa shape index (κ3) is 5.61. The second kappa shape index (κ2) is 10.2. The van der Waals surface area contributed by atoms with Crippen molar-refractivity contribution in [2.45, 2.75) is 40.0 Å². The molecule has 0 aliphatic carbocycles. The van der Waals surface area contributed by atoms with E-state index in [0.717, 1.165) is 34.8 Å². The van der Waals surface area contributed by atoms with Crippen molar-refractivity contribution in [1.82, 2.24) is 15.1 Å². The van der Waals surface area contributed by atoms with Crippen LogP contribution in [0.1, 0.15) is 29.2 Å². The van der Waals surface area contributed by atoms with Crippen LogP contribution in [0, 0.1) is 20.8 Å². The molecule has 0 N–H and O–H groups in total. The fourth-order valence-corrected chi connectivity index (χ4v) is 4.29. The van der Waals surface area contributed by atoms with E-state index in [1.807, 2.05) is 12.1 Å². The third-order valence-electron chi connectivity index (χ3n) is 6.50. The molecule has 1 aliphatic rings. The quantitative estimate of drug-likeness (QED) is 0.484. The van der Waals surface area contributed by atoms with Crippen molar-refractivity contribution in [3.8, 4) is 17.0 Å². The van der Waals surface area contributed by atoms with Crippen molar-refractivity contribution in [2.75, 3.05) is 31.1 Å². The van der Waals surface area contributed by atoms with Crippen LogP contribution in [0.25, 0.3) is 11.3 Å². The Morgan fingerprint density at radius 1 is 0.917 bits per heavy atom. The van der Waals surface area contributed by atoms with E-state index in [-0.39, 0.29) is 11.7 Å². The first kappa shape index (κ1) is 25.5. The van der Waals surface area contributed by atoms with Gasteiger partial charge in [-0.25, -0.2) is 0 Å². The van der Waals surface area contributed by atoms with Crippen LogP contribution in [-0.4, -0.2) is 53.3 Å². The Labute approximate surface area is 208 Å². The summed E-state index contributed by atoms with van der Waals surface area (Å²) in [6, 6.07) is 12.7. The number of hydrogen-bond donors (Lipinski definition) is 0. The minimum Gasteiger partial charge on any atom is -0.481 e. The molecule has 0 bridgehead atoms. The van der Waals surface area contributed by atoms with Crippen molar-refractivity contribution in [3.05, 3.63) is 70.8 Å². The Morgan fingerprint density at radius 3 is 2.25 bits per heavy atom. The molecule has 2 heterocycles. The van der Waals surface area contributed by atoms with Gasteiger partial charge in [0, 0.05) is 31.7 Å². The molecular weight excluding hydrogens is 469 g/mol. The number of aromatic nitrogens is 2. The first-order valence-corrected chi connectivity index (χ1v) is 11.8. The second-order valence-electron chi connectivity index (χ2n) is 9.13. The number of ether oxygens (including phenoxy) is 1. The van der Waals surface area contributed by atoms with Gasteiger partial charge in [0.2, 0.25) is 0 Å². The number of aryl methyl sites for hydroxylation is 3. The maximum absolute atomic E-state index is 12.9. The highest BCUT2D eigenvalue weighted by atomic mass is 19.4. The van der Waals surface area contributed by atoms with Crippen molar-refractivity contribution >= 4 is 11.7 Å². The number of amides is 1. The van der Waals surface area contributed by atoms with Gasteiger partial charge in [-0.3, -0.25) is 4.79 Å². The number of carbonyl (C=O) groups excluding carboxylic acids is 1. The zero-order valence-electron chi connectivity index (χ0n) is 20.8. The number of nitrogens with zero attached hydrogens (tertiary/aromatic N) is 4. The lowest BCUT2D eigenvalue weighted by molar-refractivity contribution is -0.138. The molecule has 1 unspecified atom stereocenters. The van der Waals surface area contributed by atoms with Crippen molar-refractivity contribution in [1.29, 1.82) is 0 Å². The van der Waals surface area contributed by atoms with Crippen LogP contribution in [0.2, 0.25) is 0 Å². The average Bonchev–Trinajstić information content (AvgIpc) is 2.86. The van der Waals surface area contributed by atoms with Crippen LogP contribution in [-0.2, 0) is 11.0 Å². The number of carbonyl (C=O) groups is 1. The smallest absolute Gasteiger partial charge is 0.416 e. The van der Waals surface area contributed by atoms with Gasteiger partial charge in [0.25, 0.3) is 5.91 Å². The van der Waals surface area contributed by atoms with Crippen LogP contribution >= 0.6 is 0 Å². The van der Waals surface area contributed by atoms with Gasteiger partial charge in [-0.15, -0.1) is 10.2 Å². The molecule has 0 saturated carbocycles. The third-order valence-corrected chi connectivity index (χ3v) is 6.50. The Hall–Kier alpha value is -3.62. The molecule has 1 saturated heterocycles. The normalized spacial score (nSPS) is 15.1. The second-order valence-corrected chi connectivity index (χ2v) is 9.13. The highest BCUT2D eigenvalue weighted by Gasteiger charge is 2.31. The fourth-order valence-electron chi connectivity index (χ4n) is 4.29. The molecule has 6 nitrogen and oxygen atoms in total. The van der Waals surface area contributed by atoms with E-state index >= 15 is 0 Å². The zero-order valence-corrected chi connectivity index (χ0v) is 20.8. The maximum atomic E-state index is 12.9. The van der Waals surface area contributed by atoms with E-state index in [4.69, 9.17) is 4.74 Å². The lowest BCUT2D eigenvalue weighted by atomic mass is 9.99. The van der Waals surface area contributed by atoms with E-state index in [1.54, 1.807) is 11.8 Å². The summed E-state index contributed by atoms with van der Waals surface area (Å²) in [4.78, 5) is 16.6. The fraction of sp³-hybridized carbons (Fsp3) is 0.370. The molecule has 190 valence electrons. The highest BCUT2D eigenvalue weighted by molar-refractivity contribution is 5.81. The van der Waals surface area contributed by atoms with Crippen molar-refractivity contribution in [3.63, 3.8) is 0 Å². The van der Waals surface area contributed by atoms with Gasteiger partial charge in [-0.1, -0.05) is 12.1 Å².